The smallest absolute Gasteiger partial charge is 0.267 e. The minimum absolute atomic E-state index is 0.0118. The quantitative estimate of drug-likeness (QED) is 0.336. The van der Waals surface area contributed by atoms with E-state index in [0.717, 1.165) is 0 Å². The lowest BCUT2D eigenvalue weighted by molar-refractivity contribution is 0.0691. The van der Waals surface area contributed by atoms with Crippen molar-refractivity contribution >= 4 is 24.0 Å². The number of nitrogens with one attached hydrogen (secondary N) is 2. The summed E-state index contributed by atoms with van der Waals surface area (Å²) in [6, 6.07) is 0. The molecule has 0 aliphatic carbocycles. The average Bonchev–Trinajstić information content (AvgIpc) is 2.81. The zero-order chi connectivity index (χ0) is 26.1. The molecule has 2 heterocycles. The molecular weight excluding hydrogens is 439 g/mol. The van der Waals surface area contributed by atoms with E-state index in [-0.39, 0.29) is 30.5 Å². The van der Waals surface area contributed by atoms with Crippen LogP contribution in [-0.2, 0) is 6.54 Å². The highest BCUT2D eigenvalue weighted by atomic mass is 19.1. The molecule has 188 valence electrons. The van der Waals surface area contributed by atoms with Gasteiger partial charge in [0.15, 0.2) is 5.75 Å². The minimum atomic E-state index is -1.18. The van der Waals surface area contributed by atoms with E-state index in [0.29, 0.717) is 24.4 Å². The number of halogens is 1. The number of pyridine rings is 1. The first kappa shape index (κ1) is 28.8. The van der Waals surface area contributed by atoms with E-state index in [1.54, 1.807) is 13.0 Å². The highest BCUT2D eigenvalue weighted by Gasteiger charge is 2.29. The molecule has 1 amide bonds. The number of aliphatic hydroxyl groups is 1. The Hall–Kier alpha value is -3.20. The number of aliphatic imine (C=N–C) groups is 1. The third kappa shape index (κ3) is 7.41. The molecule has 4 N–H and O–H groups in total. The van der Waals surface area contributed by atoms with Crippen molar-refractivity contribution in [2.24, 2.45) is 10.9 Å². The van der Waals surface area contributed by atoms with Crippen LogP contribution in [0.15, 0.2) is 39.9 Å². The van der Waals surface area contributed by atoms with Crippen LogP contribution in [0.5, 0.6) is 5.75 Å². The van der Waals surface area contributed by atoms with Crippen LogP contribution < -0.4 is 16.2 Å². The second-order valence-corrected chi connectivity index (χ2v) is 8.32. The zero-order valence-electron chi connectivity index (χ0n) is 20.9. The Balaban J connectivity index is 0.00000281. The van der Waals surface area contributed by atoms with Crippen LogP contribution in [0.4, 0.5) is 10.1 Å². The van der Waals surface area contributed by atoms with Crippen molar-refractivity contribution in [1.82, 2.24) is 15.2 Å². The van der Waals surface area contributed by atoms with Crippen molar-refractivity contribution in [3.05, 3.63) is 51.7 Å². The number of fused-ring (bicyclic) bond motifs is 1. The van der Waals surface area contributed by atoms with E-state index in [4.69, 9.17) is 0 Å². The molecule has 1 atom stereocenters. The molecule has 1 aromatic heterocycles. The third-order valence-corrected chi connectivity index (χ3v) is 4.94. The second kappa shape index (κ2) is 12.9. The monoisotopic (exact) mass is 476 g/mol. The molecule has 0 aromatic carbocycles. The lowest BCUT2D eigenvalue weighted by atomic mass is 10.0. The molecule has 34 heavy (non-hydrogen) atoms. The molecule has 0 saturated carbocycles. The molecule has 0 saturated heterocycles. The van der Waals surface area contributed by atoms with Gasteiger partial charge in [-0.2, -0.15) is 0 Å². The molecule has 1 aromatic rings. The van der Waals surface area contributed by atoms with Gasteiger partial charge in [0.05, 0.1) is 17.0 Å². The molecule has 2 rings (SSSR count). The Labute approximate surface area is 200 Å². The maximum atomic E-state index is 13.3. The van der Waals surface area contributed by atoms with Crippen LogP contribution in [0.1, 0.15) is 64.0 Å². The number of carbonyl (C=O) groups excluding carboxylic acids is 1. The second-order valence-electron chi connectivity index (χ2n) is 8.32. The number of aromatic nitrogens is 1. The van der Waals surface area contributed by atoms with Crippen LogP contribution >= 0.6 is 0 Å². The average molecular weight is 477 g/mol. The predicted molar refractivity (Wildman–Crippen MR) is 135 cm³/mol. The fourth-order valence-electron chi connectivity index (χ4n) is 3.21. The topological polar surface area (TPSA) is 116 Å². The largest absolute Gasteiger partial charge is 0.505 e. The van der Waals surface area contributed by atoms with Crippen molar-refractivity contribution in [3.63, 3.8) is 0 Å². The summed E-state index contributed by atoms with van der Waals surface area (Å²) in [5, 5.41) is 26.2. The van der Waals surface area contributed by atoms with Crippen LogP contribution in [0, 0.1) is 5.92 Å². The van der Waals surface area contributed by atoms with Crippen molar-refractivity contribution in [2.75, 3.05) is 13.1 Å². The zero-order valence-corrected chi connectivity index (χ0v) is 20.9. The van der Waals surface area contributed by atoms with Gasteiger partial charge in [0.2, 0.25) is 0 Å². The Morgan fingerprint density at radius 2 is 2.06 bits per heavy atom. The first-order valence-corrected chi connectivity index (χ1v) is 11.4. The highest BCUT2D eigenvalue weighted by Crippen LogP contribution is 2.36. The van der Waals surface area contributed by atoms with Crippen LogP contribution in [0.3, 0.4) is 0 Å². The van der Waals surface area contributed by atoms with E-state index in [2.05, 4.69) is 22.3 Å². The Bertz CT molecular complexity index is 1030. The molecule has 0 bridgehead atoms. The Morgan fingerprint density at radius 1 is 1.41 bits per heavy atom. The van der Waals surface area contributed by atoms with Crippen molar-refractivity contribution in [1.29, 1.82) is 0 Å². The summed E-state index contributed by atoms with van der Waals surface area (Å²) >= 11 is 0. The van der Waals surface area contributed by atoms with Gasteiger partial charge >= 0.3 is 0 Å². The van der Waals surface area contributed by atoms with Gasteiger partial charge in [0.1, 0.15) is 17.1 Å². The first-order valence-electron chi connectivity index (χ1n) is 11.4. The molecule has 1 unspecified atom stereocenters. The first-order chi connectivity index (χ1) is 16.0. The number of allylic oxidation sites excluding steroid dienone is 5. The standard InChI is InChI=1S/C23H31FN4O4.C2H6/c1-6-15(24)9-7-14(2)8-10-16-19-18(25-5)20(29)17(21(30)27-13-23(3,4)32)22(31)28(19)12-11-26-16;1-2/h6-7,9-10,14,26,29,32H,5,8,11-13H2,1-4H3,(H,27,30);1-2H3/b9-7-,15-6+,16-10-;. The van der Waals surface area contributed by atoms with Gasteiger partial charge in [-0.1, -0.05) is 39.0 Å². The van der Waals surface area contributed by atoms with E-state index < -0.39 is 28.4 Å². The minimum Gasteiger partial charge on any atom is -0.505 e. The molecule has 1 aliphatic heterocycles. The molecule has 0 spiro atoms. The number of carbonyl (C=O) groups is 1. The predicted octanol–water partition coefficient (Wildman–Crippen LogP) is 3.81. The Morgan fingerprint density at radius 3 is 2.62 bits per heavy atom. The molecule has 8 nitrogen and oxygen atoms in total. The Kier molecular flexibility index (Phi) is 10.9. The van der Waals surface area contributed by atoms with Gasteiger partial charge in [-0.05, 0) is 45.9 Å². The third-order valence-electron chi connectivity index (χ3n) is 4.94. The summed E-state index contributed by atoms with van der Waals surface area (Å²) < 4.78 is 14.7. The van der Waals surface area contributed by atoms with Crippen LogP contribution in [0.2, 0.25) is 0 Å². The van der Waals surface area contributed by atoms with E-state index in [9.17, 15) is 24.2 Å². The van der Waals surface area contributed by atoms with Gasteiger partial charge < -0.3 is 25.4 Å². The van der Waals surface area contributed by atoms with Crippen molar-refractivity contribution in [2.45, 2.75) is 60.1 Å². The lowest BCUT2D eigenvalue weighted by Gasteiger charge is -2.26. The summed E-state index contributed by atoms with van der Waals surface area (Å²) in [4.78, 5) is 29.6. The van der Waals surface area contributed by atoms with Crippen molar-refractivity contribution in [3.8, 4) is 5.75 Å². The fourth-order valence-corrected chi connectivity index (χ4v) is 3.21. The highest BCUT2D eigenvalue weighted by molar-refractivity contribution is 5.99. The van der Waals surface area contributed by atoms with Crippen molar-refractivity contribution < 1.29 is 19.4 Å². The van der Waals surface area contributed by atoms with E-state index in [1.165, 1.54) is 30.6 Å². The molecular formula is C25H37FN4O4. The van der Waals surface area contributed by atoms with Gasteiger partial charge in [0.25, 0.3) is 11.5 Å². The maximum absolute atomic E-state index is 13.3. The number of rotatable bonds is 8. The number of hydrogen-bond donors (Lipinski definition) is 4. The molecule has 1 aliphatic rings. The van der Waals surface area contributed by atoms with Gasteiger partial charge in [-0.3, -0.25) is 14.6 Å². The summed E-state index contributed by atoms with van der Waals surface area (Å²) in [5.41, 5.74) is -1.37. The SMILES string of the molecule is C=Nc1c(O)c(C(=O)NCC(C)(C)O)c(=O)n2c1/C(=C/CC(C)/C=C\C(F)=C/C)NCC2.CC. The molecule has 0 radical (unpaired) electrons. The van der Waals surface area contributed by atoms with E-state index in [1.807, 2.05) is 26.8 Å². The lowest BCUT2D eigenvalue weighted by Crippen LogP contribution is -2.43. The van der Waals surface area contributed by atoms with Crippen LogP contribution in [-0.4, -0.2) is 46.1 Å². The van der Waals surface area contributed by atoms with Crippen LogP contribution in [0.25, 0.3) is 5.70 Å². The summed E-state index contributed by atoms with van der Waals surface area (Å²) in [7, 11) is 0. The normalized spacial score (nSPS) is 15.8. The maximum Gasteiger partial charge on any atom is 0.267 e. The van der Waals surface area contributed by atoms with E-state index >= 15 is 0 Å². The number of aromatic hydroxyl groups is 1. The molecule has 9 heteroatoms. The summed E-state index contributed by atoms with van der Waals surface area (Å²) in [6.07, 6.45) is 6.89. The summed E-state index contributed by atoms with van der Waals surface area (Å²) in [6.45, 7) is 14.6. The number of hydrogen-bond acceptors (Lipinski definition) is 6. The van der Waals surface area contributed by atoms with Gasteiger partial charge in [-0.15, -0.1) is 0 Å². The fraction of sp³-hybridized carbons (Fsp3) is 0.480. The number of nitrogens with zero attached hydrogens (tertiary/aromatic N) is 2. The summed E-state index contributed by atoms with van der Waals surface area (Å²) in [5.74, 6) is -1.68. The molecule has 0 fully saturated rings. The van der Waals surface area contributed by atoms with Gasteiger partial charge in [-0.25, -0.2) is 4.39 Å². The number of amides is 1. The van der Waals surface area contributed by atoms with Gasteiger partial charge in [0, 0.05) is 19.6 Å².